The molecule has 0 bridgehead atoms. The molecule has 1 saturated heterocycles. The molecule has 0 radical (unpaired) electrons. The van der Waals surface area contributed by atoms with Crippen molar-refractivity contribution in [3.05, 3.63) is 82.8 Å². The molecule has 2 aromatic heterocycles. The maximum absolute atomic E-state index is 12.8. The molecule has 0 saturated carbocycles. The monoisotopic (exact) mass is 470 g/mol. The van der Waals surface area contributed by atoms with Crippen LogP contribution in [-0.2, 0) is 6.42 Å². The van der Waals surface area contributed by atoms with Crippen molar-refractivity contribution in [3.63, 3.8) is 0 Å². The minimum absolute atomic E-state index is 0. The molecule has 32 heavy (non-hydrogen) atoms. The summed E-state index contributed by atoms with van der Waals surface area (Å²) in [5.41, 5.74) is 2.73. The first-order valence-corrected chi connectivity index (χ1v) is 10.8. The Hall–Kier alpha value is -2.73. The van der Waals surface area contributed by atoms with Crippen molar-refractivity contribution < 1.29 is 13.6 Å². The second-order valence-corrected chi connectivity index (χ2v) is 8.43. The molecule has 0 atom stereocenters. The predicted octanol–water partition coefficient (Wildman–Crippen LogP) is 5.75. The Kier molecular flexibility index (Phi) is 6.60. The van der Waals surface area contributed by atoms with Gasteiger partial charge in [-0.15, -0.1) is 12.4 Å². The number of halogens is 2. The number of carbonyl (C=O) groups excluding carboxylic acids is 1. The van der Waals surface area contributed by atoms with Crippen molar-refractivity contribution in [1.82, 2.24) is 9.80 Å². The summed E-state index contributed by atoms with van der Waals surface area (Å²) in [6.45, 7) is 3.19. The second kappa shape index (κ2) is 9.41. The van der Waals surface area contributed by atoms with Crippen molar-refractivity contribution >= 4 is 40.9 Å². The van der Waals surface area contributed by atoms with Crippen LogP contribution in [0.5, 0.6) is 0 Å². The SMILES string of the molecule is CN1CCN(C(=O)c2ccc(Cc3cc(Cl)cc4cc(-c5ccccc5)oc34)o2)CC1.Cl. The number of benzene rings is 2. The van der Waals surface area contributed by atoms with Crippen molar-refractivity contribution in [3.8, 4) is 11.3 Å². The second-order valence-electron chi connectivity index (χ2n) is 8.00. The zero-order valence-corrected chi connectivity index (χ0v) is 19.3. The van der Waals surface area contributed by atoms with E-state index in [4.69, 9.17) is 20.4 Å². The first-order valence-electron chi connectivity index (χ1n) is 10.4. The minimum atomic E-state index is -0.0556. The molecule has 1 amide bonds. The van der Waals surface area contributed by atoms with Crippen molar-refractivity contribution in [2.75, 3.05) is 33.2 Å². The van der Waals surface area contributed by atoms with Crippen molar-refractivity contribution in [1.29, 1.82) is 0 Å². The third-order valence-electron chi connectivity index (χ3n) is 5.74. The number of piperazine rings is 1. The molecular weight excluding hydrogens is 447 g/mol. The molecule has 1 fully saturated rings. The summed E-state index contributed by atoms with van der Waals surface area (Å²) in [6.07, 6.45) is 0.495. The van der Waals surface area contributed by atoms with Gasteiger partial charge in [-0.2, -0.15) is 0 Å². The van der Waals surface area contributed by atoms with Crippen LogP contribution >= 0.6 is 24.0 Å². The molecule has 0 spiro atoms. The summed E-state index contributed by atoms with van der Waals surface area (Å²) in [5, 5.41) is 1.59. The number of furan rings is 2. The molecule has 1 aliphatic rings. The van der Waals surface area contributed by atoms with E-state index in [1.165, 1.54) is 0 Å². The van der Waals surface area contributed by atoms with Crippen LogP contribution in [0, 0.1) is 0 Å². The molecule has 5 nitrogen and oxygen atoms in total. The lowest BCUT2D eigenvalue weighted by Crippen LogP contribution is -2.47. The molecule has 7 heteroatoms. The summed E-state index contributed by atoms with van der Waals surface area (Å²) in [5.74, 6) is 1.82. The highest BCUT2D eigenvalue weighted by Gasteiger charge is 2.23. The van der Waals surface area contributed by atoms with Gasteiger partial charge in [0.25, 0.3) is 5.91 Å². The van der Waals surface area contributed by atoms with E-state index < -0.39 is 0 Å². The van der Waals surface area contributed by atoms with Crippen LogP contribution in [-0.4, -0.2) is 48.9 Å². The highest BCUT2D eigenvalue weighted by Crippen LogP contribution is 2.33. The summed E-state index contributed by atoms with van der Waals surface area (Å²) >= 11 is 6.38. The van der Waals surface area contributed by atoms with E-state index in [0.29, 0.717) is 23.0 Å². The van der Waals surface area contributed by atoms with E-state index in [-0.39, 0.29) is 18.3 Å². The largest absolute Gasteiger partial charge is 0.456 e. The number of fused-ring (bicyclic) bond motifs is 1. The fourth-order valence-corrected chi connectivity index (χ4v) is 4.25. The number of hydrogen-bond donors (Lipinski definition) is 0. The number of carbonyl (C=O) groups is 1. The van der Waals surface area contributed by atoms with Crippen LogP contribution in [0.1, 0.15) is 21.9 Å². The van der Waals surface area contributed by atoms with E-state index >= 15 is 0 Å². The topological polar surface area (TPSA) is 49.8 Å². The molecule has 0 aliphatic carbocycles. The first-order chi connectivity index (χ1) is 15.1. The highest BCUT2D eigenvalue weighted by molar-refractivity contribution is 6.31. The van der Waals surface area contributed by atoms with Gasteiger partial charge in [-0.3, -0.25) is 4.79 Å². The van der Waals surface area contributed by atoms with E-state index in [0.717, 1.165) is 54.0 Å². The van der Waals surface area contributed by atoms with E-state index in [9.17, 15) is 4.79 Å². The minimum Gasteiger partial charge on any atom is -0.456 e. The molecule has 0 unspecified atom stereocenters. The van der Waals surface area contributed by atoms with Gasteiger partial charge in [-0.25, -0.2) is 0 Å². The lowest BCUT2D eigenvalue weighted by Gasteiger charge is -2.31. The number of hydrogen-bond acceptors (Lipinski definition) is 4. The summed E-state index contributed by atoms with van der Waals surface area (Å²) in [7, 11) is 2.07. The molecule has 3 heterocycles. The maximum Gasteiger partial charge on any atom is 0.289 e. The van der Waals surface area contributed by atoms with Crippen LogP contribution < -0.4 is 0 Å². The van der Waals surface area contributed by atoms with Gasteiger partial charge in [0, 0.05) is 54.1 Å². The molecule has 4 aromatic rings. The average Bonchev–Trinajstić information content (AvgIpc) is 3.42. The van der Waals surface area contributed by atoms with Crippen molar-refractivity contribution in [2.24, 2.45) is 0 Å². The quantitative estimate of drug-likeness (QED) is 0.381. The molecule has 2 aromatic carbocycles. The third-order valence-corrected chi connectivity index (χ3v) is 5.96. The van der Waals surface area contributed by atoms with Crippen molar-refractivity contribution in [2.45, 2.75) is 6.42 Å². The predicted molar refractivity (Wildman–Crippen MR) is 129 cm³/mol. The Morgan fingerprint density at radius 1 is 0.969 bits per heavy atom. The van der Waals surface area contributed by atoms with Gasteiger partial charge >= 0.3 is 0 Å². The summed E-state index contributed by atoms with van der Waals surface area (Å²) < 4.78 is 12.1. The fraction of sp³-hybridized carbons (Fsp3) is 0.240. The van der Waals surface area contributed by atoms with Gasteiger partial charge < -0.3 is 18.6 Å². The number of amides is 1. The standard InChI is InChI=1S/C25H23ClN2O3.ClH/c1-27-9-11-28(12-10-27)25(29)22-8-7-21(30-22)15-18-13-20(26)14-19-16-23(31-24(18)19)17-5-3-2-4-6-17;/h2-8,13-14,16H,9-12,15H2,1H3;1H. The van der Waals surface area contributed by atoms with E-state index in [2.05, 4.69) is 11.9 Å². The zero-order valence-electron chi connectivity index (χ0n) is 17.7. The number of nitrogens with zero attached hydrogens (tertiary/aromatic N) is 2. The summed E-state index contributed by atoms with van der Waals surface area (Å²) in [6, 6.07) is 19.4. The van der Waals surface area contributed by atoms with Crippen LogP contribution in [0.15, 0.2) is 69.5 Å². The Labute approximate surface area is 198 Å². The smallest absolute Gasteiger partial charge is 0.289 e. The van der Waals surface area contributed by atoms with Crippen LogP contribution in [0.3, 0.4) is 0 Å². The number of rotatable bonds is 4. The number of likely N-dealkylation sites (N-methyl/N-ethyl adjacent to an activating group) is 1. The maximum atomic E-state index is 12.8. The Bertz CT molecular complexity index is 1220. The Morgan fingerprint density at radius 2 is 1.72 bits per heavy atom. The lowest BCUT2D eigenvalue weighted by atomic mass is 10.1. The van der Waals surface area contributed by atoms with Crippen LogP contribution in [0.4, 0.5) is 0 Å². The molecule has 0 N–H and O–H groups in total. The van der Waals surface area contributed by atoms with E-state index in [1.807, 2.05) is 59.5 Å². The summed E-state index contributed by atoms with van der Waals surface area (Å²) in [4.78, 5) is 16.8. The average molecular weight is 471 g/mol. The zero-order chi connectivity index (χ0) is 21.4. The molecule has 1 aliphatic heterocycles. The Morgan fingerprint density at radius 3 is 2.47 bits per heavy atom. The van der Waals surface area contributed by atoms with Crippen LogP contribution in [0.25, 0.3) is 22.3 Å². The third kappa shape index (κ3) is 4.56. The van der Waals surface area contributed by atoms with Crippen LogP contribution in [0.2, 0.25) is 5.02 Å². The van der Waals surface area contributed by atoms with Gasteiger partial charge in [0.15, 0.2) is 5.76 Å². The van der Waals surface area contributed by atoms with E-state index in [1.54, 1.807) is 6.07 Å². The van der Waals surface area contributed by atoms with Gasteiger partial charge in [0.2, 0.25) is 0 Å². The fourth-order valence-electron chi connectivity index (χ4n) is 4.00. The van der Waals surface area contributed by atoms with Gasteiger partial charge in [-0.1, -0.05) is 41.9 Å². The Balaban J connectivity index is 0.00000245. The highest BCUT2D eigenvalue weighted by atomic mass is 35.5. The lowest BCUT2D eigenvalue weighted by molar-refractivity contribution is 0.0631. The molecule has 166 valence electrons. The molecular formula is C25H24Cl2N2O3. The van der Waals surface area contributed by atoms with Gasteiger partial charge in [-0.05, 0) is 37.4 Å². The van der Waals surface area contributed by atoms with Gasteiger partial charge in [0.05, 0.1) is 0 Å². The van der Waals surface area contributed by atoms with Gasteiger partial charge in [0.1, 0.15) is 17.1 Å². The molecule has 5 rings (SSSR count). The first kappa shape index (κ1) is 22.5. The normalized spacial score (nSPS) is 14.5.